The van der Waals surface area contributed by atoms with E-state index in [-0.39, 0.29) is 5.91 Å². The van der Waals surface area contributed by atoms with Crippen molar-refractivity contribution in [3.05, 3.63) is 35.7 Å². The lowest BCUT2D eigenvalue weighted by Gasteiger charge is -1.97. The lowest BCUT2D eigenvalue weighted by atomic mass is 10.1. The van der Waals surface area contributed by atoms with E-state index in [4.69, 9.17) is 0 Å². The van der Waals surface area contributed by atoms with E-state index >= 15 is 0 Å². The van der Waals surface area contributed by atoms with Gasteiger partial charge in [0.1, 0.15) is 5.70 Å². The highest BCUT2D eigenvalue weighted by molar-refractivity contribution is 6.08. The first kappa shape index (κ1) is 9.77. The van der Waals surface area contributed by atoms with Crippen LogP contribution in [0.4, 0.5) is 0 Å². The number of amides is 1. The highest BCUT2D eigenvalue weighted by Gasteiger charge is 2.11. The van der Waals surface area contributed by atoms with Crippen LogP contribution < -0.4 is 5.32 Å². The third-order valence-corrected chi connectivity index (χ3v) is 2.71. The zero-order chi connectivity index (χ0) is 11.8. The summed E-state index contributed by atoms with van der Waals surface area (Å²) < 4.78 is 1.81. The minimum absolute atomic E-state index is 0.170. The summed E-state index contributed by atoms with van der Waals surface area (Å²) in [5, 5.41) is 7.73. The molecular weight excluding hydrogens is 216 g/mol. The molecule has 2 aromatic rings. The first-order chi connectivity index (χ1) is 8.24. The Morgan fingerprint density at radius 3 is 3.06 bits per heavy atom. The molecule has 0 fully saturated rings. The Hall–Kier alpha value is -2.43. The van der Waals surface area contributed by atoms with Crippen molar-refractivity contribution in [3.8, 4) is 0 Å². The topological polar surface area (TPSA) is 59.3 Å². The van der Waals surface area contributed by atoms with Gasteiger partial charge in [0, 0.05) is 12.4 Å². The van der Waals surface area contributed by atoms with E-state index in [0.29, 0.717) is 5.70 Å². The first-order valence-electron chi connectivity index (χ1n) is 5.21. The highest BCUT2D eigenvalue weighted by atomic mass is 16.2. The van der Waals surface area contributed by atoms with E-state index in [1.54, 1.807) is 12.3 Å². The number of hydrogen-bond acceptors (Lipinski definition) is 3. The smallest absolute Gasteiger partial charge is 0.275 e. The van der Waals surface area contributed by atoms with Crippen LogP contribution >= 0.6 is 0 Å². The molecule has 0 saturated heterocycles. The summed E-state index contributed by atoms with van der Waals surface area (Å²) in [5.74, 6) is -0.170. The molecule has 0 saturated carbocycles. The number of aliphatic imine (C=N–C) groups is 1. The van der Waals surface area contributed by atoms with Gasteiger partial charge in [-0.3, -0.25) is 9.48 Å². The molecule has 0 bridgehead atoms. The maximum atomic E-state index is 11.3. The molecule has 5 heteroatoms. The number of hydrogen-bond donors (Lipinski definition) is 1. The molecular formula is C12H10N4O. The Morgan fingerprint density at radius 1 is 1.41 bits per heavy atom. The van der Waals surface area contributed by atoms with Crippen LogP contribution in [0.25, 0.3) is 17.0 Å². The maximum absolute atomic E-state index is 11.3. The van der Waals surface area contributed by atoms with Gasteiger partial charge in [-0.2, -0.15) is 5.10 Å². The fraction of sp³-hybridized carbons (Fsp3) is 0.0833. The largest absolute Gasteiger partial charge is 0.311 e. The molecule has 0 radical (unpaired) electrons. The fourth-order valence-electron chi connectivity index (χ4n) is 1.83. The third kappa shape index (κ3) is 1.61. The number of aromatic nitrogens is 2. The van der Waals surface area contributed by atoms with E-state index in [1.165, 1.54) is 6.34 Å². The lowest BCUT2D eigenvalue weighted by molar-refractivity contribution is -0.115. The monoisotopic (exact) mass is 226 g/mol. The molecule has 0 spiro atoms. The predicted octanol–water partition coefficient (Wildman–Crippen LogP) is 1.07. The zero-order valence-corrected chi connectivity index (χ0v) is 9.21. The van der Waals surface area contributed by atoms with Crippen LogP contribution in [-0.2, 0) is 11.8 Å². The lowest BCUT2D eigenvalue weighted by Crippen LogP contribution is -2.14. The van der Waals surface area contributed by atoms with Crippen LogP contribution in [0.15, 0.2) is 35.1 Å². The van der Waals surface area contributed by atoms with E-state index in [2.05, 4.69) is 15.4 Å². The molecule has 0 atom stereocenters. The number of rotatable bonds is 1. The number of carbonyl (C=O) groups excluding carboxylic acids is 1. The molecule has 17 heavy (non-hydrogen) atoms. The summed E-state index contributed by atoms with van der Waals surface area (Å²) in [6.45, 7) is 0. The molecule has 5 nitrogen and oxygen atoms in total. The average Bonchev–Trinajstić information content (AvgIpc) is 2.87. The van der Waals surface area contributed by atoms with Gasteiger partial charge in [0.05, 0.1) is 18.1 Å². The highest BCUT2D eigenvalue weighted by Crippen LogP contribution is 2.17. The second kappa shape index (κ2) is 3.55. The number of nitrogens with one attached hydrogen (secondary N) is 1. The second-order valence-electron chi connectivity index (χ2n) is 3.85. The summed E-state index contributed by atoms with van der Waals surface area (Å²) in [6.07, 6.45) is 4.96. The number of nitrogens with zero attached hydrogens (tertiary/aromatic N) is 3. The van der Waals surface area contributed by atoms with Crippen molar-refractivity contribution in [1.82, 2.24) is 15.1 Å². The minimum Gasteiger partial charge on any atom is -0.311 e. The Morgan fingerprint density at radius 2 is 2.29 bits per heavy atom. The average molecular weight is 226 g/mol. The molecule has 84 valence electrons. The first-order valence-corrected chi connectivity index (χ1v) is 5.21. The van der Waals surface area contributed by atoms with Gasteiger partial charge in [-0.15, -0.1) is 0 Å². The summed E-state index contributed by atoms with van der Waals surface area (Å²) >= 11 is 0. The molecule has 1 amide bonds. The van der Waals surface area contributed by atoms with Gasteiger partial charge >= 0.3 is 0 Å². The van der Waals surface area contributed by atoms with Crippen molar-refractivity contribution >= 4 is 29.2 Å². The van der Waals surface area contributed by atoms with Crippen LogP contribution in [-0.4, -0.2) is 22.0 Å². The molecule has 3 rings (SSSR count). The van der Waals surface area contributed by atoms with E-state index in [0.717, 1.165) is 16.5 Å². The summed E-state index contributed by atoms with van der Waals surface area (Å²) in [5.41, 5.74) is 2.43. The fourth-order valence-corrected chi connectivity index (χ4v) is 1.83. The number of benzene rings is 1. The molecule has 1 aliphatic heterocycles. The van der Waals surface area contributed by atoms with Gasteiger partial charge in [0.2, 0.25) is 0 Å². The maximum Gasteiger partial charge on any atom is 0.275 e. The van der Waals surface area contributed by atoms with Gasteiger partial charge in [-0.1, -0.05) is 6.07 Å². The standard InChI is InChI=1S/C12H10N4O/c1-16-11-3-2-8(4-9(11)6-15-16)5-10-12(17)14-7-13-10/h2-7H,1H3,(H,13,14,17). The molecule has 1 aromatic carbocycles. The normalized spacial score (nSPS) is 17.0. The number of aryl methyl sites for hydroxylation is 1. The molecule has 2 heterocycles. The van der Waals surface area contributed by atoms with Gasteiger partial charge in [-0.05, 0) is 23.8 Å². The molecule has 0 aliphatic carbocycles. The Balaban J connectivity index is 2.07. The summed E-state index contributed by atoms with van der Waals surface area (Å²) in [4.78, 5) is 15.3. The summed E-state index contributed by atoms with van der Waals surface area (Å²) in [6, 6.07) is 5.90. The van der Waals surface area contributed by atoms with Crippen LogP contribution in [0, 0.1) is 0 Å². The van der Waals surface area contributed by atoms with Crippen LogP contribution in [0.5, 0.6) is 0 Å². The van der Waals surface area contributed by atoms with E-state index in [9.17, 15) is 4.79 Å². The quantitative estimate of drug-likeness (QED) is 0.739. The van der Waals surface area contributed by atoms with Crippen molar-refractivity contribution < 1.29 is 4.79 Å². The van der Waals surface area contributed by atoms with Crippen molar-refractivity contribution in [2.24, 2.45) is 12.0 Å². The van der Waals surface area contributed by atoms with Crippen molar-refractivity contribution in [2.75, 3.05) is 0 Å². The van der Waals surface area contributed by atoms with Crippen molar-refractivity contribution in [3.63, 3.8) is 0 Å². The molecule has 0 unspecified atom stereocenters. The number of fused-ring (bicyclic) bond motifs is 1. The van der Waals surface area contributed by atoms with Crippen LogP contribution in [0.1, 0.15) is 5.56 Å². The Kier molecular flexibility index (Phi) is 2.04. The molecule has 1 aliphatic rings. The number of carbonyl (C=O) groups is 1. The second-order valence-corrected chi connectivity index (χ2v) is 3.85. The predicted molar refractivity (Wildman–Crippen MR) is 65.3 cm³/mol. The minimum atomic E-state index is -0.170. The summed E-state index contributed by atoms with van der Waals surface area (Å²) in [7, 11) is 1.90. The van der Waals surface area contributed by atoms with Crippen molar-refractivity contribution in [2.45, 2.75) is 0 Å². The Labute approximate surface area is 97.5 Å². The van der Waals surface area contributed by atoms with Gasteiger partial charge in [0.15, 0.2) is 0 Å². The van der Waals surface area contributed by atoms with Crippen LogP contribution in [0.2, 0.25) is 0 Å². The van der Waals surface area contributed by atoms with E-state index in [1.807, 2.05) is 29.9 Å². The van der Waals surface area contributed by atoms with Crippen molar-refractivity contribution in [1.29, 1.82) is 0 Å². The molecule has 1 aromatic heterocycles. The van der Waals surface area contributed by atoms with Gasteiger partial charge in [0.25, 0.3) is 5.91 Å². The SMILES string of the molecule is Cn1ncc2cc(C=C3N=CNC3=O)ccc21. The Bertz CT molecular complexity index is 666. The molecule has 1 N–H and O–H groups in total. The van der Waals surface area contributed by atoms with Gasteiger partial charge < -0.3 is 5.32 Å². The van der Waals surface area contributed by atoms with Crippen LogP contribution in [0.3, 0.4) is 0 Å². The zero-order valence-electron chi connectivity index (χ0n) is 9.21. The van der Waals surface area contributed by atoms with Gasteiger partial charge in [-0.25, -0.2) is 4.99 Å². The third-order valence-electron chi connectivity index (χ3n) is 2.71. The van der Waals surface area contributed by atoms with E-state index < -0.39 is 0 Å².